The van der Waals surface area contributed by atoms with E-state index in [1.54, 1.807) is 43.3 Å². The fourth-order valence-corrected chi connectivity index (χ4v) is 2.45. The van der Waals surface area contributed by atoms with Gasteiger partial charge in [-0.15, -0.1) is 0 Å². The third-order valence-corrected chi connectivity index (χ3v) is 3.81. The summed E-state index contributed by atoms with van der Waals surface area (Å²) in [6, 6.07) is 11.7. The number of aryl methyl sites for hydroxylation is 1. The molecule has 1 amide bonds. The maximum Gasteiger partial charge on any atom is 0.414 e. The molecule has 2 rings (SSSR count). The number of benzene rings is 2. The number of ether oxygens (including phenoxy) is 2. The number of esters is 1. The van der Waals surface area contributed by atoms with Gasteiger partial charge in [-0.05, 0) is 56.7 Å². The molecule has 0 aromatic heterocycles. The lowest BCUT2D eigenvalue weighted by atomic mass is 10.1. The summed E-state index contributed by atoms with van der Waals surface area (Å²) >= 11 is 5.84. The average Bonchev–Trinajstić information content (AvgIpc) is 2.59. The zero-order valence-corrected chi connectivity index (χ0v) is 15.2. The smallest absolute Gasteiger partial charge is 0.414 e. The molecule has 0 aliphatic rings. The van der Waals surface area contributed by atoms with E-state index in [4.69, 9.17) is 21.1 Å². The highest BCUT2D eigenvalue weighted by Gasteiger charge is 2.22. The maximum absolute atomic E-state index is 12.4. The fraction of sp³-hybridized carbons (Fsp3) is 0.263. The van der Waals surface area contributed by atoms with Crippen molar-refractivity contribution < 1.29 is 19.1 Å². The van der Waals surface area contributed by atoms with Crippen molar-refractivity contribution in [2.75, 3.05) is 18.1 Å². The molecule has 0 aliphatic carbocycles. The van der Waals surface area contributed by atoms with E-state index in [1.807, 2.05) is 19.9 Å². The topological polar surface area (TPSA) is 55.8 Å². The SMILES string of the molecule is CCOC(=O)N(CC)c1cccc(C)c1OC(=O)c1ccc(Cl)cc1. The quantitative estimate of drug-likeness (QED) is 0.564. The minimum absolute atomic E-state index is 0.265. The second kappa shape index (κ2) is 8.53. The Balaban J connectivity index is 2.35. The maximum atomic E-state index is 12.4. The minimum Gasteiger partial charge on any atom is -0.449 e. The lowest BCUT2D eigenvalue weighted by molar-refractivity contribution is 0.0733. The Morgan fingerprint density at radius 2 is 1.76 bits per heavy atom. The Kier molecular flexibility index (Phi) is 6.42. The van der Waals surface area contributed by atoms with Crippen molar-refractivity contribution in [1.82, 2.24) is 0 Å². The first-order chi connectivity index (χ1) is 12.0. The minimum atomic E-state index is -0.521. The Morgan fingerprint density at radius 1 is 1.08 bits per heavy atom. The summed E-state index contributed by atoms with van der Waals surface area (Å²) in [6.45, 7) is 6.02. The summed E-state index contributed by atoms with van der Waals surface area (Å²) in [4.78, 5) is 26.0. The molecule has 25 heavy (non-hydrogen) atoms. The molecule has 5 nitrogen and oxygen atoms in total. The van der Waals surface area contributed by atoms with E-state index < -0.39 is 12.1 Å². The molecule has 6 heteroatoms. The molecule has 0 N–H and O–H groups in total. The first kappa shape index (κ1) is 18.8. The molecule has 132 valence electrons. The standard InChI is InChI=1S/C19H20ClNO4/c1-4-21(19(23)24-5-2)16-8-6-7-13(3)17(16)25-18(22)14-9-11-15(20)12-10-14/h6-12H,4-5H2,1-3H3. The van der Waals surface area contributed by atoms with Crippen LogP contribution in [0.1, 0.15) is 29.8 Å². The number of anilines is 1. The van der Waals surface area contributed by atoms with Crippen molar-refractivity contribution >= 4 is 29.4 Å². The lowest BCUT2D eigenvalue weighted by Crippen LogP contribution is -2.32. The van der Waals surface area contributed by atoms with Gasteiger partial charge in [0.25, 0.3) is 0 Å². The molecule has 0 unspecified atom stereocenters. The van der Waals surface area contributed by atoms with Crippen molar-refractivity contribution in [1.29, 1.82) is 0 Å². The van der Waals surface area contributed by atoms with Crippen molar-refractivity contribution in [3.8, 4) is 5.75 Å². The van der Waals surface area contributed by atoms with Crippen molar-refractivity contribution in [3.63, 3.8) is 0 Å². The van der Waals surface area contributed by atoms with Crippen molar-refractivity contribution in [3.05, 3.63) is 58.6 Å². The first-order valence-electron chi connectivity index (χ1n) is 7.99. The van der Waals surface area contributed by atoms with Gasteiger partial charge in [0.05, 0.1) is 17.9 Å². The third-order valence-electron chi connectivity index (χ3n) is 3.56. The van der Waals surface area contributed by atoms with Crippen LogP contribution in [0.25, 0.3) is 0 Å². The van der Waals surface area contributed by atoms with E-state index in [2.05, 4.69) is 0 Å². The number of halogens is 1. The zero-order valence-electron chi connectivity index (χ0n) is 14.4. The van der Waals surface area contributed by atoms with Gasteiger partial charge in [0.15, 0.2) is 5.75 Å². The molecule has 0 bridgehead atoms. The summed E-state index contributed by atoms with van der Waals surface area (Å²) < 4.78 is 10.7. The van der Waals surface area contributed by atoms with Crippen LogP contribution < -0.4 is 9.64 Å². The lowest BCUT2D eigenvalue weighted by Gasteiger charge is -2.23. The first-order valence-corrected chi connectivity index (χ1v) is 8.37. The molecule has 0 radical (unpaired) electrons. The highest BCUT2D eigenvalue weighted by atomic mass is 35.5. The predicted molar refractivity (Wildman–Crippen MR) is 97.6 cm³/mol. The highest BCUT2D eigenvalue weighted by Crippen LogP contribution is 2.33. The summed E-state index contributed by atoms with van der Waals surface area (Å²) in [5.74, 6) is -0.190. The van der Waals surface area contributed by atoms with Crippen molar-refractivity contribution in [2.45, 2.75) is 20.8 Å². The van der Waals surface area contributed by atoms with Gasteiger partial charge in [-0.1, -0.05) is 23.7 Å². The fourth-order valence-electron chi connectivity index (χ4n) is 2.32. The van der Waals surface area contributed by atoms with Crippen LogP contribution in [0.3, 0.4) is 0 Å². The number of hydrogen-bond acceptors (Lipinski definition) is 4. The number of amides is 1. The summed E-state index contributed by atoms with van der Waals surface area (Å²) in [6.07, 6.45) is -0.487. The molecule has 0 fully saturated rings. The molecule has 0 saturated heterocycles. The second-order valence-corrected chi connectivity index (χ2v) is 5.70. The van der Waals surface area contributed by atoms with Gasteiger partial charge in [0.2, 0.25) is 0 Å². The molecular formula is C19H20ClNO4. The van der Waals surface area contributed by atoms with Crippen LogP contribution in [0.2, 0.25) is 5.02 Å². The number of rotatable bonds is 5. The van der Waals surface area contributed by atoms with Gasteiger partial charge in [0.1, 0.15) is 0 Å². The second-order valence-electron chi connectivity index (χ2n) is 5.26. The Hall–Kier alpha value is -2.53. The van der Waals surface area contributed by atoms with E-state index in [9.17, 15) is 9.59 Å². The molecule has 0 saturated carbocycles. The number of carbonyl (C=O) groups excluding carboxylic acids is 2. The van der Waals surface area contributed by atoms with Crippen LogP contribution in [0, 0.1) is 6.92 Å². The Morgan fingerprint density at radius 3 is 2.36 bits per heavy atom. The van der Waals surface area contributed by atoms with E-state index in [0.717, 1.165) is 5.56 Å². The van der Waals surface area contributed by atoms with Gasteiger partial charge < -0.3 is 9.47 Å². The number of hydrogen-bond donors (Lipinski definition) is 0. The van der Waals surface area contributed by atoms with E-state index in [-0.39, 0.29) is 6.61 Å². The number of nitrogens with zero attached hydrogens (tertiary/aromatic N) is 1. The van der Waals surface area contributed by atoms with Crippen LogP contribution in [-0.4, -0.2) is 25.2 Å². The molecular weight excluding hydrogens is 342 g/mol. The van der Waals surface area contributed by atoms with Crippen LogP contribution in [0.4, 0.5) is 10.5 Å². The van der Waals surface area contributed by atoms with Gasteiger partial charge >= 0.3 is 12.1 Å². The molecule has 2 aromatic rings. The van der Waals surface area contributed by atoms with Crippen LogP contribution in [-0.2, 0) is 4.74 Å². The molecule has 0 atom stereocenters. The van der Waals surface area contributed by atoms with Gasteiger partial charge in [0, 0.05) is 11.6 Å². The summed E-state index contributed by atoms with van der Waals surface area (Å²) in [7, 11) is 0. The third kappa shape index (κ3) is 4.51. The Bertz CT molecular complexity index is 759. The molecule has 0 heterocycles. The van der Waals surface area contributed by atoms with Crippen LogP contribution in [0.5, 0.6) is 5.75 Å². The molecule has 0 spiro atoms. The zero-order chi connectivity index (χ0) is 18.4. The van der Waals surface area contributed by atoms with E-state index >= 15 is 0 Å². The molecule has 0 aliphatic heterocycles. The normalized spacial score (nSPS) is 10.2. The monoisotopic (exact) mass is 361 g/mol. The van der Waals surface area contributed by atoms with Gasteiger partial charge in [-0.25, -0.2) is 9.59 Å². The highest BCUT2D eigenvalue weighted by molar-refractivity contribution is 6.30. The number of para-hydroxylation sites is 1. The van der Waals surface area contributed by atoms with Gasteiger partial charge in [-0.2, -0.15) is 0 Å². The van der Waals surface area contributed by atoms with Crippen molar-refractivity contribution in [2.24, 2.45) is 0 Å². The van der Waals surface area contributed by atoms with Crippen LogP contribution >= 0.6 is 11.6 Å². The largest absolute Gasteiger partial charge is 0.449 e. The average molecular weight is 362 g/mol. The molecule has 2 aromatic carbocycles. The van der Waals surface area contributed by atoms with E-state index in [0.29, 0.717) is 28.6 Å². The van der Waals surface area contributed by atoms with Crippen LogP contribution in [0.15, 0.2) is 42.5 Å². The summed E-state index contributed by atoms with van der Waals surface area (Å²) in [5.41, 5.74) is 1.60. The van der Waals surface area contributed by atoms with Gasteiger partial charge in [-0.3, -0.25) is 4.90 Å². The predicted octanol–water partition coefficient (Wildman–Crippen LogP) is 4.85. The Labute approximate surface area is 152 Å². The van der Waals surface area contributed by atoms with E-state index in [1.165, 1.54) is 4.90 Å². The number of carbonyl (C=O) groups is 2. The summed E-state index contributed by atoms with van der Waals surface area (Å²) in [5, 5.41) is 0.535.